The average molecular weight is 329 g/mol. The smallest absolute Gasteiger partial charge is 0.223 e. The van der Waals surface area contributed by atoms with Crippen LogP contribution in [-0.4, -0.2) is 46.5 Å². The maximum absolute atomic E-state index is 9.62. The minimum atomic E-state index is -0.158. The van der Waals surface area contributed by atoms with Crippen molar-refractivity contribution in [2.24, 2.45) is 0 Å². The molecule has 1 saturated heterocycles. The summed E-state index contributed by atoms with van der Waals surface area (Å²) in [5, 5.41) is 14.0. The number of aliphatic hydroxyl groups is 1. The van der Waals surface area contributed by atoms with E-state index in [0.29, 0.717) is 18.6 Å². The summed E-state index contributed by atoms with van der Waals surface area (Å²) in [5.41, 5.74) is 0.831. The van der Waals surface area contributed by atoms with Crippen molar-refractivity contribution in [2.75, 3.05) is 18.5 Å². The Morgan fingerprint density at radius 1 is 1.17 bits per heavy atom. The van der Waals surface area contributed by atoms with Crippen LogP contribution in [0.25, 0.3) is 10.9 Å². The van der Waals surface area contributed by atoms with Crippen LogP contribution in [0.2, 0.25) is 0 Å². The summed E-state index contributed by atoms with van der Waals surface area (Å²) >= 11 is 0. The number of nitrogens with zero attached hydrogens (tertiary/aromatic N) is 2. The van der Waals surface area contributed by atoms with Crippen LogP contribution >= 0.6 is 0 Å². The van der Waals surface area contributed by atoms with E-state index < -0.39 is 0 Å². The third kappa shape index (κ3) is 3.44. The lowest BCUT2D eigenvalue weighted by molar-refractivity contribution is 0.126. The molecule has 6 heteroatoms. The minimum absolute atomic E-state index is 0.0989. The van der Waals surface area contributed by atoms with Crippen LogP contribution in [-0.2, 0) is 4.74 Å². The molecule has 24 heavy (non-hydrogen) atoms. The SMILES string of the molecule is OC1CCC(Nc2ncc3cccc(O[C@H]4CCOC4)c3n2)CC1. The van der Waals surface area contributed by atoms with Gasteiger partial charge in [0.1, 0.15) is 17.4 Å². The number of nitrogens with one attached hydrogen (secondary N) is 1. The Hall–Kier alpha value is -1.92. The quantitative estimate of drug-likeness (QED) is 0.897. The second-order valence-electron chi connectivity index (χ2n) is 6.64. The predicted molar refractivity (Wildman–Crippen MR) is 91.3 cm³/mol. The van der Waals surface area contributed by atoms with E-state index in [1.807, 2.05) is 24.4 Å². The maximum atomic E-state index is 9.62. The predicted octanol–water partition coefficient (Wildman–Crippen LogP) is 2.51. The molecule has 1 atom stereocenters. The molecular formula is C18H23N3O3. The summed E-state index contributed by atoms with van der Waals surface area (Å²) in [5.74, 6) is 1.41. The molecule has 2 heterocycles. The molecule has 0 bridgehead atoms. The molecule has 128 valence electrons. The highest BCUT2D eigenvalue weighted by Gasteiger charge is 2.21. The standard InChI is InChI=1S/C18H23N3O3/c22-14-6-4-13(5-7-14)20-18-19-10-12-2-1-3-16(17(12)21-18)24-15-8-9-23-11-15/h1-3,10,13-15,22H,4-9,11H2,(H,19,20,21)/t13?,14?,15-/m0/s1. The highest BCUT2D eigenvalue weighted by atomic mass is 16.5. The molecular weight excluding hydrogens is 306 g/mol. The number of benzene rings is 1. The van der Waals surface area contributed by atoms with Gasteiger partial charge in [-0.15, -0.1) is 0 Å². The van der Waals surface area contributed by atoms with Crippen molar-refractivity contribution in [3.05, 3.63) is 24.4 Å². The van der Waals surface area contributed by atoms with Crippen LogP contribution < -0.4 is 10.1 Å². The summed E-state index contributed by atoms with van der Waals surface area (Å²) in [6, 6.07) is 6.23. The Balaban J connectivity index is 1.54. The first-order valence-electron chi connectivity index (χ1n) is 8.73. The molecule has 0 radical (unpaired) electrons. The molecule has 2 aromatic rings. The number of aromatic nitrogens is 2. The Labute approximate surface area is 141 Å². The molecule has 1 aliphatic carbocycles. The highest BCUT2D eigenvalue weighted by Crippen LogP contribution is 2.27. The third-order valence-corrected chi connectivity index (χ3v) is 4.79. The number of hydrogen-bond acceptors (Lipinski definition) is 6. The van der Waals surface area contributed by atoms with Gasteiger partial charge in [-0.1, -0.05) is 12.1 Å². The highest BCUT2D eigenvalue weighted by molar-refractivity contribution is 5.84. The topological polar surface area (TPSA) is 76.5 Å². The molecule has 0 amide bonds. The largest absolute Gasteiger partial charge is 0.486 e. The number of anilines is 1. The van der Waals surface area contributed by atoms with Gasteiger partial charge in [-0.2, -0.15) is 0 Å². The van der Waals surface area contributed by atoms with Crippen LogP contribution in [0.1, 0.15) is 32.1 Å². The van der Waals surface area contributed by atoms with Crippen LogP contribution in [0.3, 0.4) is 0 Å². The Morgan fingerprint density at radius 2 is 2.04 bits per heavy atom. The van der Waals surface area contributed by atoms with Crippen molar-refractivity contribution < 1.29 is 14.6 Å². The van der Waals surface area contributed by atoms with E-state index in [-0.39, 0.29) is 12.2 Å². The van der Waals surface area contributed by atoms with Gasteiger partial charge in [-0.25, -0.2) is 9.97 Å². The first-order chi connectivity index (χ1) is 11.8. The number of para-hydroxylation sites is 1. The molecule has 1 aromatic carbocycles. The van der Waals surface area contributed by atoms with Crippen molar-refractivity contribution in [3.8, 4) is 5.75 Å². The zero-order valence-corrected chi connectivity index (χ0v) is 13.6. The van der Waals surface area contributed by atoms with E-state index in [0.717, 1.165) is 55.4 Å². The van der Waals surface area contributed by atoms with Gasteiger partial charge in [0.25, 0.3) is 0 Å². The third-order valence-electron chi connectivity index (χ3n) is 4.79. The van der Waals surface area contributed by atoms with Gasteiger partial charge in [-0.05, 0) is 31.7 Å². The van der Waals surface area contributed by atoms with Crippen LogP contribution in [0.4, 0.5) is 5.95 Å². The fourth-order valence-corrected chi connectivity index (χ4v) is 3.38. The minimum Gasteiger partial charge on any atom is -0.486 e. The van der Waals surface area contributed by atoms with Crippen molar-refractivity contribution in [1.29, 1.82) is 0 Å². The molecule has 4 rings (SSSR count). The van der Waals surface area contributed by atoms with Gasteiger partial charge in [0.2, 0.25) is 5.95 Å². The molecule has 2 aliphatic rings. The fourth-order valence-electron chi connectivity index (χ4n) is 3.38. The monoisotopic (exact) mass is 329 g/mol. The normalized spacial score (nSPS) is 27.3. The van der Waals surface area contributed by atoms with Gasteiger partial charge >= 0.3 is 0 Å². The van der Waals surface area contributed by atoms with E-state index in [4.69, 9.17) is 9.47 Å². The van der Waals surface area contributed by atoms with Crippen molar-refractivity contribution in [1.82, 2.24) is 9.97 Å². The number of fused-ring (bicyclic) bond motifs is 1. The van der Waals surface area contributed by atoms with Crippen molar-refractivity contribution in [3.63, 3.8) is 0 Å². The lowest BCUT2D eigenvalue weighted by Gasteiger charge is -2.26. The fraction of sp³-hybridized carbons (Fsp3) is 0.556. The molecule has 6 nitrogen and oxygen atoms in total. The summed E-state index contributed by atoms with van der Waals surface area (Å²) in [6.45, 7) is 1.39. The molecule has 1 aliphatic heterocycles. The van der Waals surface area contributed by atoms with Crippen LogP contribution in [0, 0.1) is 0 Å². The molecule has 2 fully saturated rings. The molecule has 1 saturated carbocycles. The number of hydrogen-bond donors (Lipinski definition) is 2. The Morgan fingerprint density at radius 3 is 2.83 bits per heavy atom. The molecule has 2 N–H and O–H groups in total. The number of ether oxygens (including phenoxy) is 2. The van der Waals surface area contributed by atoms with Crippen molar-refractivity contribution in [2.45, 2.75) is 50.4 Å². The van der Waals surface area contributed by atoms with E-state index in [9.17, 15) is 5.11 Å². The van der Waals surface area contributed by atoms with E-state index >= 15 is 0 Å². The zero-order valence-electron chi connectivity index (χ0n) is 13.6. The second kappa shape index (κ2) is 6.91. The average Bonchev–Trinajstić information content (AvgIpc) is 3.11. The van der Waals surface area contributed by atoms with E-state index in [2.05, 4.69) is 15.3 Å². The van der Waals surface area contributed by atoms with Gasteiger partial charge in [0, 0.05) is 24.0 Å². The van der Waals surface area contributed by atoms with Gasteiger partial charge in [0.05, 0.1) is 19.3 Å². The van der Waals surface area contributed by atoms with Gasteiger partial charge in [0.15, 0.2) is 0 Å². The zero-order chi connectivity index (χ0) is 16.4. The summed E-state index contributed by atoms with van der Waals surface area (Å²) in [4.78, 5) is 9.11. The van der Waals surface area contributed by atoms with E-state index in [1.165, 1.54) is 0 Å². The summed E-state index contributed by atoms with van der Waals surface area (Å²) in [7, 11) is 0. The van der Waals surface area contributed by atoms with E-state index in [1.54, 1.807) is 0 Å². The van der Waals surface area contributed by atoms with Crippen LogP contribution in [0.15, 0.2) is 24.4 Å². The first kappa shape index (κ1) is 15.6. The molecule has 1 aromatic heterocycles. The Kier molecular flexibility index (Phi) is 4.49. The second-order valence-corrected chi connectivity index (χ2v) is 6.64. The van der Waals surface area contributed by atoms with Gasteiger partial charge < -0.3 is 19.9 Å². The van der Waals surface area contributed by atoms with Gasteiger partial charge in [-0.3, -0.25) is 0 Å². The summed E-state index contributed by atoms with van der Waals surface area (Å²) < 4.78 is 11.5. The molecule has 0 unspecified atom stereocenters. The first-order valence-corrected chi connectivity index (χ1v) is 8.73. The summed E-state index contributed by atoms with van der Waals surface area (Å²) in [6.07, 6.45) is 6.25. The maximum Gasteiger partial charge on any atom is 0.223 e. The lowest BCUT2D eigenvalue weighted by Crippen LogP contribution is -2.28. The number of aliphatic hydroxyl groups excluding tert-OH is 1. The lowest BCUT2D eigenvalue weighted by atomic mass is 9.93. The Bertz CT molecular complexity index is 695. The van der Waals surface area contributed by atoms with Crippen LogP contribution in [0.5, 0.6) is 5.75 Å². The molecule has 0 spiro atoms. The van der Waals surface area contributed by atoms with Crippen molar-refractivity contribution >= 4 is 16.9 Å². The number of rotatable bonds is 4.